The number of phenolic OH excluding ortho intramolecular Hbond substituents is 2. The number of nitrogens with zero attached hydrogens (tertiary/aromatic N) is 1. The monoisotopic (exact) mass is 1180 g/mol. The molecule has 6 heterocycles. The highest BCUT2D eigenvalue weighted by Crippen LogP contribution is 2.47. The molecular weight excluding hydrogens is 1100 g/mol. The third-order valence-corrected chi connectivity index (χ3v) is 16.9. The molecule has 83 heavy (non-hydrogen) atoms. The Kier molecular flexibility index (Phi) is 19.4. The molecule has 6 aliphatic rings. The van der Waals surface area contributed by atoms with Crippen molar-refractivity contribution in [1.82, 2.24) is 15.3 Å². The van der Waals surface area contributed by atoms with Crippen molar-refractivity contribution in [2.24, 2.45) is 5.92 Å². The van der Waals surface area contributed by atoms with E-state index in [9.17, 15) is 55.5 Å². The maximum Gasteiger partial charge on any atom is 0.328 e. The van der Waals surface area contributed by atoms with Gasteiger partial charge in [0.1, 0.15) is 66.0 Å². The van der Waals surface area contributed by atoms with Gasteiger partial charge in [0.2, 0.25) is 12.2 Å². The minimum atomic E-state index is -1.66. The highest BCUT2D eigenvalue weighted by molar-refractivity contribution is 6.11. The van der Waals surface area contributed by atoms with Gasteiger partial charge in [0, 0.05) is 69.0 Å². The van der Waals surface area contributed by atoms with Crippen molar-refractivity contribution >= 4 is 28.4 Å². The molecule has 27 nitrogen and oxygen atoms in total. The Morgan fingerprint density at radius 1 is 0.747 bits per heavy atom. The van der Waals surface area contributed by atoms with Crippen LogP contribution in [0.5, 0.6) is 17.2 Å². The van der Waals surface area contributed by atoms with E-state index in [0.717, 1.165) is 7.11 Å². The zero-order chi connectivity index (χ0) is 60.1. The second kappa shape index (κ2) is 25.7. The first-order valence-corrected chi connectivity index (χ1v) is 28.1. The molecule has 2 aromatic carbocycles. The summed E-state index contributed by atoms with van der Waals surface area (Å²) in [5.74, 6) is -4.71. The Balaban J connectivity index is 0.992. The van der Waals surface area contributed by atoms with Gasteiger partial charge in [0.15, 0.2) is 30.9 Å². The fourth-order valence-electron chi connectivity index (χ4n) is 12.1. The molecule has 27 heteroatoms. The number of carbonyl (C=O) groups excluding carboxylic acids is 3. The van der Waals surface area contributed by atoms with E-state index < -0.39 is 176 Å². The Bertz CT molecular complexity index is 2740. The molecule has 0 bridgehead atoms. The van der Waals surface area contributed by atoms with E-state index in [1.54, 1.807) is 40.7 Å². The zero-order valence-electron chi connectivity index (χ0n) is 47.6. The van der Waals surface area contributed by atoms with Crippen LogP contribution in [0.2, 0.25) is 0 Å². The molecule has 0 radical (unpaired) electrons. The van der Waals surface area contributed by atoms with Crippen molar-refractivity contribution in [2.75, 3.05) is 14.2 Å². The molecule has 5 aliphatic heterocycles. The number of nitrogens with one attached hydrogen (secondary N) is 2. The summed E-state index contributed by atoms with van der Waals surface area (Å²) in [4.78, 5) is 49.9. The standard InChI is InChI=1S/C56H79N3O24/c1-21-33(79-38-15-34(46(63)23(3)75-38)80-37-14-32(60)45(62)22(2)74-37)12-28-10-27-11-30(52(72-8)54(69)59-31(55(70)73-9)13-29-19-57-20-58-29)51(50(67)43(27)49(66)42(28)44(21)61)83-40-17-35(47(64)25(5)77-40)81-39-16-36(48(65)24(4)76-39)82-41-18-56(7,71)53(68)26(6)78-41/h10,12,19-20,22-26,30-32,34-41,45-48,51-53,60-66,68,71H,11,13-18H2,1-9H3,(H,57,58)(H,59,69)/t22?,23?,24?,25?,26?,30-,31+,32?,34?,35?,36?,37?,38?,39?,40?,41?,45?,46?,47?,48?,51+,52+,53?,56?/m1/s1. The van der Waals surface area contributed by atoms with Gasteiger partial charge in [-0.3, -0.25) is 9.59 Å². The molecular formula is C56H79N3O24. The molecule has 0 spiro atoms. The first-order valence-electron chi connectivity index (χ1n) is 28.1. The predicted molar refractivity (Wildman–Crippen MR) is 282 cm³/mol. The Hall–Kier alpha value is -4.76. The number of amides is 1. The van der Waals surface area contributed by atoms with Crippen molar-refractivity contribution < 1.29 is 117 Å². The second-order valence-electron chi connectivity index (χ2n) is 23.0. The Morgan fingerprint density at radius 2 is 1.29 bits per heavy atom. The maximum absolute atomic E-state index is 15.3. The molecule has 9 rings (SSSR count). The van der Waals surface area contributed by atoms with E-state index in [1.165, 1.54) is 39.5 Å². The van der Waals surface area contributed by atoms with Crippen LogP contribution in [0, 0.1) is 12.8 Å². The number of imidazole rings is 1. The molecule has 1 aromatic heterocycles. The van der Waals surface area contributed by atoms with Gasteiger partial charge in [-0.2, -0.15) is 0 Å². The number of ketones is 1. The number of aromatic nitrogens is 2. The van der Waals surface area contributed by atoms with Crippen LogP contribution < -0.4 is 10.1 Å². The van der Waals surface area contributed by atoms with Gasteiger partial charge in [0.25, 0.3) is 0 Å². The molecule has 5 saturated heterocycles. The minimum absolute atomic E-state index is 0.0420. The molecule has 1 amide bonds. The van der Waals surface area contributed by atoms with Crippen molar-refractivity contribution in [3.63, 3.8) is 0 Å². The average molecular weight is 1180 g/mol. The van der Waals surface area contributed by atoms with Crippen molar-refractivity contribution in [3.05, 3.63) is 47.0 Å². The summed E-state index contributed by atoms with van der Waals surface area (Å²) in [6.45, 7) is 10.9. The number of methoxy groups -OCH3 is 2. The number of aliphatic hydroxyl groups is 7. The van der Waals surface area contributed by atoms with Gasteiger partial charge in [0.05, 0.1) is 84.9 Å². The number of fused-ring (bicyclic) bond motifs is 2. The number of ether oxygens (including phenoxy) is 12. The highest BCUT2D eigenvalue weighted by atomic mass is 16.7. The van der Waals surface area contributed by atoms with E-state index in [2.05, 4.69) is 15.3 Å². The van der Waals surface area contributed by atoms with Crippen LogP contribution in [-0.2, 0) is 74.5 Å². The first kappa shape index (κ1) is 62.8. The van der Waals surface area contributed by atoms with Gasteiger partial charge in [-0.15, -0.1) is 0 Å². The van der Waals surface area contributed by atoms with Crippen LogP contribution in [0.25, 0.3) is 10.8 Å². The summed E-state index contributed by atoms with van der Waals surface area (Å²) in [7, 11) is 2.39. The third-order valence-electron chi connectivity index (χ3n) is 16.9. The number of aliphatic hydroxyl groups excluding tert-OH is 6. The zero-order valence-corrected chi connectivity index (χ0v) is 47.6. The van der Waals surface area contributed by atoms with Crippen molar-refractivity contribution in [1.29, 1.82) is 0 Å². The van der Waals surface area contributed by atoms with Crippen LogP contribution in [0.1, 0.15) is 101 Å². The number of hydrogen-bond donors (Lipinski definition) is 11. The minimum Gasteiger partial charge on any atom is -0.507 e. The van der Waals surface area contributed by atoms with Crippen LogP contribution in [-0.4, -0.2) is 229 Å². The molecule has 0 saturated carbocycles. The molecule has 1 aliphatic carbocycles. The third kappa shape index (κ3) is 13.3. The van der Waals surface area contributed by atoms with Crippen molar-refractivity contribution in [2.45, 2.75) is 234 Å². The van der Waals surface area contributed by atoms with Gasteiger partial charge in [-0.25, -0.2) is 9.78 Å². The van der Waals surface area contributed by atoms with Crippen LogP contribution >= 0.6 is 0 Å². The lowest BCUT2D eigenvalue weighted by Crippen LogP contribution is -2.58. The smallest absolute Gasteiger partial charge is 0.328 e. The lowest BCUT2D eigenvalue weighted by atomic mass is 9.76. The second-order valence-corrected chi connectivity index (χ2v) is 23.0. The molecule has 5 fully saturated rings. The van der Waals surface area contributed by atoms with Gasteiger partial charge in [-0.1, -0.05) is 0 Å². The Labute approximate surface area is 478 Å². The van der Waals surface area contributed by atoms with E-state index in [-0.39, 0.29) is 78.2 Å². The Morgan fingerprint density at radius 3 is 1.84 bits per heavy atom. The molecule has 3 aromatic rings. The number of rotatable bonds is 17. The lowest BCUT2D eigenvalue weighted by molar-refractivity contribution is -0.334. The molecule has 462 valence electrons. The topological polar surface area (TPSA) is 385 Å². The van der Waals surface area contributed by atoms with Crippen molar-refractivity contribution in [3.8, 4) is 17.2 Å². The van der Waals surface area contributed by atoms with Crippen LogP contribution in [0.3, 0.4) is 0 Å². The number of H-pyrrole nitrogens is 1. The number of benzene rings is 2. The highest BCUT2D eigenvalue weighted by Gasteiger charge is 2.51. The number of phenols is 2. The summed E-state index contributed by atoms with van der Waals surface area (Å²) in [6, 6.07) is 1.81. The fraction of sp³-hybridized carbons (Fsp3) is 0.714. The summed E-state index contributed by atoms with van der Waals surface area (Å²) in [6.07, 6.45) is -20.9. The summed E-state index contributed by atoms with van der Waals surface area (Å²) < 4.78 is 72.3. The largest absolute Gasteiger partial charge is 0.507 e. The number of Topliss-reactive ketones (excluding diaryl/α,β-unsaturated/α-hetero) is 1. The van der Waals surface area contributed by atoms with E-state index in [4.69, 9.17) is 56.8 Å². The lowest BCUT2D eigenvalue weighted by Gasteiger charge is -2.46. The number of hydrogen-bond acceptors (Lipinski definition) is 25. The first-order chi connectivity index (χ1) is 39.3. The van der Waals surface area contributed by atoms with E-state index in [0.29, 0.717) is 5.69 Å². The van der Waals surface area contributed by atoms with Crippen LogP contribution in [0.4, 0.5) is 0 Å². The predicted octanol–water partition coefficient (Wildman–Crippen LogP) is 0.0635. The number of esters is 1. The summed E-state index contributed by atoms with van der Waals surface area (Å²) in [5.41, 5.74) is -0.973. The molecule has 20 unspecified atom stereocenters. The fourth-order valence-corrected chi connectivity index (χ4v) is 12.1. The van der Waals surface area contributed by atoms with E-state index >= 15 is 4.79 Å². The van der Waals surface area contributed by atoms with E-state index in [1.807, 2.05) is 0 Å². The quantitative estimate of drug-likeness (QED) is 0.0796. The molecule has 24 atom stereocenters. The SMILES string of the molecule is COC(=O)[C@H](Cc1cnc[nH]1)NC(=O)[C@@H](OC)[C@@H]1Cc2cc3cc(OC4CC(OC5CC(O)C(O)C(C)O5)C(O)C(C)O4)c(C)c(O)c3c(O)c2C(=O)[C@H]1OC1CC(OC2CC(OC3CC(C)(O)C(O)C(C)O3)C(O)C(C)O2)C(O)C(C)O1. The summed E-state index contributed by atoms with van der Waals surface area (Å²) in [5, 5.41) is 103. The van der Waals surface area contributed by atoms with Gasteiger partial charge >= 0.3 is 5.97 Å². The number of aromatic hydroxyl groups is 2. The average Bonchev–Trinajstić information content (AvgIpc) is 4.07. The van der Waals surface area contributed by atoms with Crippen LogP contribution in [0.15, 0.2) is 24.7 Å². The van der Waals surface area contributed by atoms with Gasteiger partial charge in [-0.05, 0) is 78.0 Å². The van der Waals surface area contributed by atoms with Gasteiger partial charge < -0.3 is 113 Å². The maximum atomic E-state index is 15.3. The molecule has 11 N–H and O–H groups in total. The normalized spacial score (nSPS) is 39.4. The number of aromatic amines is 1. The summed E-state index contributed by atoms with van der Waals surface area (Å²) >= 11 is 0. The number of carbonyl (C=O) groups is 3.